The first kappa shape index (κ1) is 52.6. The van der Waals surface area contributed by atoms with Gasteiger partial charge in [-0.1, -0.05) is 95.8 Å². The Kier molecular flexibility index (Phi) is 19.5. The van der Waals surface area contributed by atoms with E-state index in [-0.39, 0.29) is 64.9 Å². The number of hydrogen-bond donors (Lipinski definition) is 1. The fourth-order valence-electron chi connectivity index (χ4n) is 11.8. The van der Waals surface area contributed by atoms with Crippen LogP contribution in [0.4, 0.5) is 0 Å². The molecule has 12 heteroatoms. The summed E-state index contributed by atoms with van der Waals surface area (Å²) in [5.41, 5.74) is 11.2. The van der Waals surface area contributed by atoms with E-state index in [0.717, 1.165) is 59.8 Å². The average molecular weight is 957 g/mol. The number of phenolic OH excluding ortho intramolecular Hbond substituents is 1. The molecule has 68 heavy (non-hydrogen) atoms. The summed E-state index contributed by atoms with van der Waals surface area (Å²) < 4.78 is 40.6. The topological polar surface area (TPSA) is 130 Å². The molecule has 4 unspecified atom stereocenters. The van der Waals surface area contributed by atoms with Gasteiger partial charge in [0.05, 0.1) is 0 Å². The molecule has 0 radical (unpaired) electrons. The molecule has 0 aliphatic heterocycles. The summed E-state index contributed by atoms with van der Waals surface area (Å²) in [5, 5.41) is 10.2. The summed E-state index contributed by atoms with van der Waals surface area (Å²) in [4.78, 5) is 22.5. The standard InChI is InChI=1S/C28H33O6P.C28H32O3.2Na/c29-35(30,31)34-24-13-6-10-22(19-24)28(33-17-16-32-23-11-2-1-3-12-23)27-21-9-7-15-26(27)25-14-5-4-8-20(25)18-21;29-23-11-6-10-22(19-23)28(31-17-16-30-24-12-2-1-3-13-24)27-21-9-7-15-26(27)25-14-5-4-8-20(25)18-21;;/h1-3,6,10-13,19,21,26H,4-5,7-9,14-18H2,(H2,29,30,31);1-3,6,10-13,19,21,26,29H,4-5,7-9,14-18H2;;/q;;2*+1/p-2/b2*28-27+;;. The van der Waals surface area contributed by atoms with E-state index in [4.69, 9.17) is 18.9 Å². The molecule has 9 nitrogen and oxygen atoms in total. The maximum Gasteiger partial charge on any atom is 1.00 e. The smallest absolute Gasteiger partial charge is 0.780 e. The molecule has 4 atom stereocenters. The van der Waals surface area contributed by atoms with Crippen LogP contribution in [0, 0.1) is 23.7 Å². The Morgan fingerprint density at radius 2 is 0.985 bits per heavy atom. The molecule has 0 amide bonds. The third kappa shape index (κ3) is 13.4. The van der Waals surface area contributed by atoms with Gasteiger partial charge in [0.1, 0.15) is 68.8 Å². The van der Waals surface area contributed by atoms with Crippen molar-refractivity contribution >= 4 is 19.3 Å². The summed E-state index contributed by atoms with van der Waals surface area (Å²) in [6.07, 6.45) is 19.6. The molecule has 0 aromatic heterocycles. The number of para-hydroxylation sites is 2. The molecule has 4 aromatic rings. The van der Waals surface area contributed by atoms with E-state index < -0.39 is 7.82 Å². The van der Waals surface area contributed by atoms with Gasteiger partial charge in [-0.15, -0.1) is 0 Å². The first-order chi connectivity index (χ1) is 32.3. The molecule has 348 valence electrons. The van der Waals surface area contributed by atoms with E-state index in [1.165, 1.54) is 94.3 Å². The number of fused-ring (bicyclic) bond motifs is 6. The second-order valence-corrected chi connectivity index (χ2v) is 19.7. The Morgan fingerprint density at radius 3 is 1.47 bits per heavy atom. The molecule has 0 saturated heterocycles. The van der Waals surface area contributed by atoms with E-state index in [1.807, 2.05) is 78.9 Å². The number of ether oxygens (including phenoxy) is 4. The molecule has 10 rings (SSSR count). The van der Waals surface area contributed by atoms with Gasteiger partial charge in [0.2, 0.25) is 0 Å². The van der Waals surface area contributed by atoms with Gasteiger partial charge in [0, 0.05) is 23.0 Å². The first-order valence-electron chi connectivity index (χ1n) is 24.4. The number of allylic oxidation sites excluding steroid dienone is 6. The Morgan fingerprint density at radius 1 is 0.529 bits per heavy atom. The van der Waals surface area contributed by atoms with Crippen LogP contribution < -0.4 is 82.9 Å². The number of hydrogen-bond acceptors (Lipinski definition) is 9. The quantitative estimate of drug-likeness (QED) is 0.0510. The van der Waals surface area contributed by atoms with Crippen molar-refractivity contribution in [2.45, 2.75) is 103 Å². The van der Waals surface area contributed by atoms with Gasteiger partial charge in [-0.3, -0.25) is 0 Å². The Balaban J connectivity index is 0.000000197. The minimum Gasteiger partial charge on any atom is -0.780 e. The largest absolute Gasteiger partial charge is 1.00 e. The first-order valence-corrected chi connectivity index (χ1v) is 25.9. The van der Waals surface area contributed by atoms with Crippen molar-refractivity contribution < 1.29 is 102 Å². The predicted octanol–water partition coefficient (Wildman–Crippen LogP) is 6.29. The van der Waals surface area contributed by atoms with E-state index in [1.54, 1.807) is 40.5 Å². The van der Waals surface area contributed by atoms with Crippen LogP contribution in [0.15, 0.2) is 143 Å². The summed E-state index contributed by atoms with van der Waals surface area (Å²) in [6.45, 7) is 1.74. The number of phosphoric acid groups is 1. The van der Waals surface area contributed by atoms with Crippen molar-refractivity contribution in [2.75, 3.05) is 26.4 Å². The third-order valence-corrected chi connectivity index (χ3v) is 14.9. The number of rotatable bonds is 14. The van der Waals surface area contributed by atoms with Gasteiger partial charge in [0.25, 0.3) is 0 Å². The van der Waals surface area contributed by atoms with Gasteiger partial charge in [-0.2, -0.15) is 0 Å². The maximum absolute atomic E-state index is 11.2. The maximum atomic E-state index is 11.2. The number of phenols is 1. The number of phosphoric ester groups is 1. The molecule has 1 N–H and O–H groups in total. The van der Waals surface area contributed by atoms with Crippen molar-refractivity contribution in [3.8, 4) is 23.0 Å². The average Bonchev–Trinajstić information content (AvgIpc) is 3.32. The van der Waals surface area contributed by atoms with Gasteiger partial charge in [-0.05, 0) is 161 Å². The molecule has 4 aromatic carbocycles. The van der Waals surface area contributed by atoms with Gasteiger partial charge < -0.3 is 42.9 Å². The Labute approximate surface area is 447 Å². The predicted molar refractivity (Wildman–Crippen MR) is 254 cm³/mol. The Hall–Kier alpha value is -3.21. The van der Waals surface area contributed by atoms with Crippen LogP contribution >= 0.6 is 7.82 Å². The van der Waals surface area contributed by atoms with Crippen LogP contribution in [0.3, 0.4) is 0 Å². The van der Waals surface area contributed by atoms with E-state index in [0.29, 0.717) is 55.8 Å². The van der Waals surface area contributed by atoms with Crippen LogP contribution in [0.5, 0.6) is 23.0 Å². The van der Waals surface area contributed by atoms with E-state index in [9.17, 15) is 19.5 Å². The monoisotopic (exact) mass is 956 g/mol. The van der Waals surface area contributed by atoms with Crippen molar-refractivity contribution in [3.05, 3.63) is 154 Å². The molecule has 2 saturated carbocycles. The fourth-order valence-corrected chi connectivity index (χ4v) is 12.2. The zero-order valence-electron chi connectivity index (χ0n) is 40.0. The summed E-state index contributed by atoms with van der Waals surface area (Å²) >= 11 is 0. The fraction of sp³-hybridized carbons (Fsp3) is 0.429. The molecular formula is C56H63Na2O9P. The van der Waals surface area contributed by atoms with Crippen molar-refractivity contribution in [1.82, 2.24) is 0 Å². The van der Waals surface area contributed by atoms with Gasteiger partial charge in [-0.25, -0.2) is 0 Å². The minimum atomic E-state index is -5.15. The van der Waals surface area contributed by atoms with E-state index in [2.05, 4.69) is 10.6 Å². The van der Waals surface area contributed by atoms with Crippen molar-refractivity contribution in [1.29, 1.82) is 0 Å². The summed E-state index contributed by atoms with van der Waals surface area (Å²) in [7, 11) is -5.15. The number of benzene rings is 4. The summed E-state index contributed by atoms with van der Waals surface area (Å²) in [5.74, 6) is 5.61. The molecule has 6 aliphatic rings. The van der Waals surface area contributed by atoms with Crippen LogP contribution in [0.2, 0.25) is 0 Å². The SMILES string of the molecule is O=P([O-])([O-])Oc1cccc(/C(OCCOc2ccccc2)=C2/C3CCCC2C2=C(CCCC2)C3)c1.Oc1cccc(/C(OCCOc2ccccc2)=C2/C3CCCC2C2=C(CCCC2)C3)c1.[Na+].[Na+]. The van der Waals surface area contributed by atoms with Crippen LogP contribution in [0.25, 0.3) is 11.5 Å². The second-order valence-electron chi connectivity index (χ2n) is 18.6. The van der Waals surface area contributed by atoms with Crippen LogP contribution in [-0.2, 0) is 14.0 Å². The molecular weight excluding hydrogens is 894 g/mol. The van der Waals surface area contributed by atoms with Crippen LogP contribution in [0.1, 0.15) is 114 Å². The second kappa shape index (κ2) is 25.3. The molecule has 4 bridgehead atoms. The van der Waals surface area contributed by atoms with Gasteiger partial charge in [0.15, 0.2) is 0 Å². The van der Waals surface area contributed by atoms with Crippen molar-refractivity contribution in [3.63, 3.8) is 0 Å². The van der Waals surface area contributed by atoms with Crippen LogP contribution in [-0.4, -0.2) is 31.5 Å². The summed E-state index contributed by atoms with van der Waals surface area (Å²) in [6, 6.07) is 33.8. The van der Waals surface area contributed by atoms with Crippen molar-refractivity contribution in [2.24, 2.45) is 23.7 Å². The Bertz CT molecular complexity index is 2480. The molecule has 0 heterocycles. The third-order valence-electron chi connectivity index (χ3n) is 14.4. The molecule has 0 spiro atoms. The normalized spacial score (nSPS) is 23.1. The van der Waals surface area contributed by atoms with E-state index >= 15 is 0 Å². The molecule has 2 fully saturated rings. The molecule has 6 aliphatic carbocycles. The number of aromatic hydroxyl groups is 1. The minimum absolute atomic E-state index is 0. The van der Waals surface area contributed by atoms with Gasteiger partial charge >= 0.3 is 59.1 Å². The zero-order valence-corrected chi connectivity index (χ0v) is 44.9. The zero-order chi connectivity index (χ0) is 45.3.